The number of aliphatic hydroxyl groups excluding tert-OH is 2. The molecule has 1 aromatic carbocycles. The minimum absolute atomic E-state index is 0.0278. The fraction of sp³-hybridized carbons (Fsp3) is 0.571. The first-order chi connectivity index (χ1) is 17.6. The summed E-state index contributed by atoms with van der Waals surface area (Å²) in [5.41, 5.74) is 2.84. The quantitative estimate of drug-likeness (QED) is 0.424. The number of amides is 3. The number of benzene rings is 1. The first-order valence-corrected chi connectivity index (χ1v) is 13.7. The van der Waals surface area contributed by atoms with Crippen molar-refractivity contribution in [3.05, 3.63) is 41.0 Å². The van der Waals surface area contributed by atoms with Gasteiger partial charge in [0.05, 0.1) is 34.8 Å². The Morgan fingerprint density at radius 2 is 1.74 bits per heavy atom. The molecule has 4 N–H and O–H groups in total. The van der Waals surface area contributed by atoms with Gasteiger partial charge in [0.25, 0.3) is 0 Å². The van der Waals surface area contributed by atoms with Gasteiger partial charge >= 0.3 is 0 Å². The summed E-state index contributed by atoms with van der Waals surface area (Å²) in [5, 5.41) is 25.7. The summed E-state index contributed by atoms with van der Waals surface area (Å²) in [6, 6.07) is 5.62. The molecule has 1 aliphatic heterocycles. The molecule has 3 amide bonds. The number of hydrogen-bond donors (Lipinski definition) is 4. The van der Waals surface area contributed by atoms with E-state index in [1.54, 1.807) is 26.3 Å². The maximum Gasteiger partial charge on any atom is 0.246 e. The highest BCUT2D eigenvalue weighted by atomic mass is 32.1. The Labute approximate surface area is 228 Å². The topological polar surface area (TPSA) is 132 Å². The number of carbonyl (C=O) groups is 3. The predicted molar refractivity (Wildman–Crippen MR) is 147 cm³/mol. The fourth-order valence-corrected chi connectivity index (χ4v) is 5.21. The van der Waals surface area contributed by atoms with Gasteiger partial charge in [-0.05, 0) is 23.5 Å². The minimum Gasteiger partial charge on any atom is -0.391 e. The summed E-state index contributed by atoms with van der Waals surface area (Å²) in [6.45, 7) is 12.7. The van der Waals surface area contributed by atoms with Crippen molar-refractivity contribution in [1.29, 1.82) is 0 Å². The summed E-state index contributed by atoms with van der Waals surface area (Å²) < 4.78 is 0. The number of hydrogen-bond acceptors (Lipinski definition) is 7. The summed E-state index contributed by atoms with van der Waals surface area (Å²) in [4.78, 5) is 46.2. The number of nitrogens with one attached hydrogen (secondary N) is 2. The summed E-state index contributed by atoms with van der Waals surface area (Å²) in [6.07, 6.45) is -0.703. The lowest BCUT2D eigenvalue weighted by atomic mass is 9.84. The van der Waals surface area contributed by atoms with Gasteiger partial charge in [0, 0.05) is 18.4 Å². The van der Waals surface area contributed by atoms with Gasteiger partial charge < -0.3 is 25.7 Å². The Kier molecular flexibility index (Phi) is 9.00. The van der Waals surface area contributed by atoms with Gasteiger partial charge in [0.1, 0.15) is 12.1 Å². The van der Waals surface area contributed by atoms with E-state index in [4.69, 9.17) is 0 Å². The molecule has 1 fully saturated rings. The van der Waals surface area contributed by atoms with E-state index >= 15 is 0 Å². The molecule has 9 nitrogen and oxygen atoms in total. The van der Waals surface area contributed by atoms with Crippen LogP contribution in [0.1, 0.15) is 72.2 Å². The third-order valence-electron chi connectivity index (χ3n) is 6.76. The van der Waals surface area contributed by atoms with Crippen LogP contribution in [0.4, 0.5) is 0 Å². The van der Waals surface area contributed by atoms with E-state index < -0.39 is 29.0 Å². The molecular weight excluding hydrogens is 504 g/mol. The van der Waals surface area contributed by atoms with Gasteiger partial charge in [-0.2, -0.15) is 0 Å². The lowest BCUT2D eigenvalue weighted by molar-refractivity contribution is -0.145. The van der Waals surface area contributed by atoms with E-state index in [0.717, 1.165) is 16.0 Å². The van der Waals surface area contributed by atoms with Gasteiger partial charge in [-0.1, -0.05) is 65.8 Å². The van der Waals surface area contributed by atoms with Crippen LogP contribution in [0.25, 0.3) is 10.4 Å². The molecule has 3 rings (SSSR count). The van der Waals surface area contributed by atoms with Crippen molar-refractivity contribution in [3.8, 4) is 10.4 Å². The monoisotopic (exact) mass is 544 g/mol. The highest BCUT2D eigenvalue weighted by Gasteiger charge is 2.45. The average molecular weight is 545 g/mol. The number of carbonyl (C=O) groups excluding carboxylic acids is 3. The molecule has 38 heavy (non-hydrogen) atoms. The number of rotatable bonds is 7. The van der Waals surface area contributed by atoms with E-state index in [0.29, 0.717) is 5.69 Å². The molecule has 2 heterocycles. The SMILES string of the molecule is C[C@H](NC(=O)[C@@H]1C[C@@H](O)CN1C(=O)[C@@H](NC(=O)C(C)(C)C)C(C)(C)C)c1ccc(-c2scnc2CO)cc1. The zero-order valence-corrected chi connectivity index (χ0v) is 24.1. The van der Waals surface area contributed by atoms with E-state index in [1.807, 2.05) is 52.0 Å². The fourth-order valence-electron chi connectivity index (χ4n) is 4.40. The molecule has 4 atom stereocenters. The Bertz CT molecular complexity index is 1150. The molecule has 0 unspecified atom stereocenters. The van der Waals surface area contributed by atoms with Crippen LogP contribution in [0.2, 0.25) is 0 Å². The number of aromatic nitrogens is 1. The van der Waals surface area contributed by atoms with Crippen LogP contribution in [-0.2, 0) is 21.0 Å². The zero-order chi connectivity index (χ0) is 28.4. The van der Waals surface area contributed by atoms with Gasteiger partial charge in [0.2, 0.25) is 17.7 Å². The molecule has 0 bridgehead atoms. The van der Waals surface area contributed by atoms with Crippen LogP contribution in [0.15, 0.2) is 29.8 Å². The van der Waals surface area contributed by atoms with Gasteiger partial charge in [-0.15, -0.1) is 11.3 Å². The summed E-state index contributed by atoms with van der Waals surface area (Å²) in [7, 11) is 0. The number of likely N-dealkylation sites (tertiary alicyclic amines) is 1. The molecule has 1 aliphatic rings. The van der Waals surface area contributed by atoms with E-state index in [9.17, 15) is 24.6 Å². The Morgan fingerprint density at radius 3 is 2.29 bits per heavy atom. The molecule has 0 saturated carbocycles. The largest absolute Gasteiger partial charge is 0.391 e. The Morgan fingerprint density at radius 1 is 1.11 bits per heavy atom. The third kappa shape index (κ3) is 6.78. The van der Waals surface area contributed by atoms with Crippen LogP contribution in [-0.4, -0.2) is 62.6 Å². The van der Waals surface area contributed by atoms with Crippen molar-refractivity contribution >= 4 is 29.1 Å². The van der Waals surface area contributed by atoms with Crippen molar-refractivity contribution in [1.82, 2.24) is 20.5 Å². The Hall–Kier alpha value is -2.82. The highest BCUT2D eigenvalue weighted by Crippen LogP contribution is 2.30. The summed E-state index contributed by atoms with van der Waals surface area (Å²) >= 11 is 1.45. The first kappa shape index (κ1) is 29.7. The van der Waals surface area contributed by atoms with Gasteiger partial charge in [-0.25, -0.2) is 4.98 Å². The molecule has 0 spiro atoms. The smallest absolute Gasteiger partial charge is 0.246 e. The lowest BCUT2D eigenvalue weighted by Crippen LogP contribution is -2.59. The van der Waals surface area contributed by atoms with Gasteiger partial charge in [-0.3, -0.25) is 14.4 Å². The molecular formula is C28H40N4O5S. The van der Waals surface area contributed by atoms with E-state index in [1.165, 1.54) is 16.2 Å². The molecule has 1 aromatic heterocycles. The second-order valence-electron chi connectivity index (χ2n) is 12.1. The average Bonchev–Trinajstić information content (AvgIpc) is 3.47. The molecule has 1 saturated heterocycles. The van der Waals surface area contributed by atoms with E-state index in [2.05, 4.69) is 15.6 Å². The molecule has 10 heteroatoms. The summed E-state index contributed by atoms with van der Waals surface area (Å²) in [5.74, 6) is -0.993. The van der Waals surface area contributed by atoms with Gasteiger partial charge in [0.15, 0.2) is 0 Å². The maximum absolute atomic E-state index is 13.7. The number of aliphatic hydroxyl groups is 2. The van der Waals surface area contributed by atoms with E-state index in [-0.39, 0.29) is 43.3 Å². The van der Waals surface area contributed by atoms with Crippen molar-refractivity contribution in [2.45, 2.75) is 85.7 Å². The highest BCUT2D eigenvalue weighted by molar-refractivity contribution is 7.13. The molecule has 2 aromatic rings. The molecule has 0 radical (unpaired) electrons. The van der Waals surface area contributed by atoms with Crippen molar-refractivity contribution < 1.29 is 24.6 Å². The number of nitrogens with zero attached hydrogens (tertiary/aromatic N) is 2. The van der Waals surface area contributed by atoms with Crippen molar-refractivity contribution in [3.63, 3.8) is 0 Å². The minimum atomic E-state index is -0.852. The standard InChI is InChI=1S/C28H40N4O5S/c1-16(17-8-10-18(11-9-17)22-20(14-33)29-15-38-22)30-24(35)21-12-19(34)13-32(21)25(36)23(27(2,3)4)31-26(37)28(5,6)7/h8-11,15-16,19,21,23,33-34H,12-14H2,1-7H3,(H,30,35)(H,31,37)/t16-,19+,21-,23+/m0/s1. The predicted octanol–water partition coefficient (Wildman–Crippen LogP) is 3.02. The first-order valence-electron chi connectivity index (χ1n) is 12.9. The van der Waals surface area contributed by atoms with Crippen LogP contribution >= 0.6 is 11.3 Å². The lowest BCUT2D eigenvalue weighted by Gasteiger charge is -2.36. The van der Waals surface area contributed by atoms with Crippen LogP contribution in [0, 0.1) is 10.8 Å². The third-order valence-corrected chi connectivity index (χ3v) is 7.67. The van der Waals surface area contributed by atoms with Crippen LogP contribution in [0.5, 0.6) is 0 Å². The number of thiazole rings is 1. The normalized spacial score (nSPS) is 19.7. The van der Waals surface area contributed by atoms with Crippen molar-refractivity contribution in [2.75, 3.05) is 6.54 Å². The second kappa shape index (κ2) is 11.5. The molecule has 208 valence electrons. The second-order valence-corrected chi connectivity index (χ2v) is 12.9. The van der Waals surface area contributed by atoms with Crippen LogP contribution in [0.3, 0.4) is 0 Å². The van der Waals surface area contributed by atoms with Crippen LogP contribution < -0.4 is 10.6 Å². The molecule has 0 aliphatic carbocycles. The zero-order valence-electron chi connectivity index (χ0n) is 23.2. The van der Waals surface area contributed by atoms with Crippen molar-refractivity contribution in [2.24, 2.45) is 10.8 Å². The maximum atomic E-state index is 13.7. The Balaban J connectivity index is 1.74. The number of β-amino-alcohol motifs (C(OH)–C–C–N with tert-alkyl or cyclic N) is 1.